The predicted octanol–water partition coefficient (Wildman–Crippen LogP) is 4.55. The van der Waals surface area contributed by atoms with Crippen LogP contribution in [0, 0.1) is 17.4 Å². The van der Waals surface area contributed by atoms with Gasteiger partial charge in [0.1, 0.15) is 0 Å². The number of hydrogen-bond donors (Lipinski definition) is 2. The highest BCUT2D eigenvalue weighted by atomic mass is 127. The Morgan fingerprint density at radius 1 is 1.00 bits per heavy atom. The summed E-state index contributed by atoms with van der Waals surface area (Å²) in [4.78, 5) is 12.0. The molecular formula is C15H15IN2O. The van der Waals surface area contributed by atoms with Gasteiger partial charge in [-0.05, 0) is 65.8 Å². The van der Waals surface area contributed by atoms with Gasteiger partial charge >= 0.3 is 6.03 Å². The van der Waals surface area contributed by atoms with E-state index in [1.807, 2.05) is 56.3 Å². The maximum Gasteiger partial charge on any atom is 0.323 e. The highest BCUT2D eigenvalue weighted by molar-refractivity contribution is 14.1. The van der Waals surface area contributed by atoms with Gasteiger partial charge in [0.05, 0.1) is 5.69 Å². The number of para-hydroxylation sites is 1. The normalized spacial score (nSPS) is 10.1. The van der Waals surface area contributed by atoms with Gasteiger partial charge in [-0.25, -0.2) is 4.79 Å². The fraction of sp³-hybridized carbons (Fsp3) is 0.133. The predicted molar refractivity (Wildman–Crippen MR) is 87.7 cm³/mol. The first-order chi connectivity index (χ1) is 9.06. The average Bonchev–Trinajstić information content (AvgIpc) is 2.37. The number of amides is 2. The van der Waals surface area contributed by atoms with Gasteiger partial charge in [0.2, 0.25) is 0 Å². The molecule has 0 aliphatic rings. The topological polar surface area (TPSA) is 41.1 Å². The molecule has 0 radical (unpaired) electrons. The summed E-state index contributed by atoms with van der Waals surface area (Å²) in [5, 5.41) is 5.72. The fourth-order valence-electron chi connectivity index (χ4n) is 1.71. The SMILES string of the molecule is Cc1ccc(C)c(NC(=O)Nc2ccccc2I)c1. The molecular weight excluding hydrogens is 351 g/mol. The van der Waals surface area contributed by atoms with Crippen LogP contribution in [0.2, 0.25) is 0 Å². The van der Waals surface area contributed by atoms with E-state index in [0.717, 1.165) is 26.1 Å². The molecule has 19 heavy (non-hydrogen) atoms. The maximum atomic E-state index is 12.0. The standard InChI is InChI=1S/C15H15IN2O/c1-10-7-8-11(2)14(9-10)18-15(19)17-13-6-4-3-5-12(13)16/h3-9H,1-2H3,(H2,17,18,19). The van der Waals surface area contributed by atoms with Crippen molar-refractivity contribution in [3.63, 3.8) is 0 Å². The quantitative estimate of drug-likeness (QED) is 0.753. The summed E-state index contributed by atoms with van der Waals surface area (Å²) in [5.74, 6) is 0. The van der Waals surface area contributed by atoms with Crippen molar-refractivity contribution in [1.29, 1.82) is 0 Å². The Labute approximate surface area is 126 Å². The second-order valence-corrected chi connectivity index (χ2v) is 5.54. The highest BCUT2D eigenvalue weighted by Gasteiger charge is 2.06. The van der Waals surface area contributed by atoms with Crippen LogP contribution in [0.3, 0.4) is 0 Å². The number of rotatable bonds is 2. The van der Waals surface area contributed by atoms with E-state index >= 15 is 0 Å². The minimum Gasteiger partial charge on any atom is -0.307 e. The van der Waals surface area contributed by atoms with Crippen molar-refractivity contribution in [3.05, 3.63) is 57.2 Å². The number of anilines is 2. The first-order valence-electron chi connectivity index (χ1n) is 5.96. The number of nitrogens with one attached hydrogen (secondary N) is 2. The number of urea groups is 1. The third kappa shape index (κ3) is 3.70. The van der Waals surface area contributed by atoms with Crippen LogP contribution in [0.4, 0.5) is 16.2 Å². The molecule has 4 heteroatoms. The first-order valence-corrected chi connectivity index (χ1v) is 7.04. The van der Waals surface area contributed by atoms with Crippen molar-refractivity contribution < 1.29 is 4.79 Å². The molecule has 0 aliphatic heterocycles. The molecule has 0 unspecified atom stereocenters. The fourth-order valence-corrected chi connectivity index (χ4v) is 2.23. The largest absolute Gasteiger partial charge is 0.323 e. The highest BCUT2D eigenvalue weighted by Crippen LogP contribution is 2.19. The summed E-state index contributed by atoms with van der Waals surface area (Å²) in [6, 6.07) is 13.4. The third-order valence-corrected chi connectivity index (χ3v) is 3.70. The number of aryl methyl sites for hydroxylation is 2. The van der Waals surface area contributed by atoms with E-state index in [0.29, 0.717) is 0 Å². The zero-order valence-electron chi connectivity index (χ0n) is 10.8. The van der Waals surface area contributed by atoms with Crippen LogP contribution in [-0.4, -0.2) is 6.03 Å². The molecule has 2 amide bonds. The molecule has 2 aromatic carbocycles. The average molecular weight is 366 g/mol. The van der Waals surface area contributed by atoms with Gasteiger partial charge in [-0.3, -0.25) is 0 Å². The first kappa shape index (κ1) is 13.9. The lowest BCUT2D eigenvalue weighted by molar-refractivity contribution is 0.262. The summed E-state index contributed by atoms with van der Waals surface area (Å²) in [5.41, 5.74) is 3.81. The molecule has 0 fully saturated rings. The Hall–Kier alpha value is -1.56. The van der Waals surface area contributed by atoms with Crippen molar-refractivity contribution in [3.8, 4) is 0 Å². The van der Waals surface area contributed by atoms with Crippen molar-refractivity contribution in [2.75, 3.05) is 10.6 Å². The van der Waals surface area contributed by atoms with Crippen molar-refractivity contribution >= 4 is 40.0 Å². The summed E-state index contributed by atoms with van der Waals surface area (Å²) < 4.78 is 1.01. The van der Waals surface area contributed by atoms with Gasteiger partial charge in [0, 0.05) is 9.26 Å². The van der Waals surface area contributed by atoms with Crippen LogP contribution < -0.4 is 10.6 Å². The molecule has 0 saturated heterocycles. The lowest BCUT2D eigenvalue weighted by Gasteiger charge is -2.11. The zero-order valence-corrected chi connectivity index (χ0v) is 13.0. The van der Waals surface area contributed by atoms with Crippen LogP contribution in [0.15, 0.2) is 42.5 Å². The van der Waals surface area contributed by atoms with Crippen molar-refractivity contribution in [1.82, 2.24) is 0 Å². The number of benzene rings is 2. The number of carbonyl (C=O) groups excluding carboxylic acids is 1. The summed E-state index contributed by atoms with van der Waals surface area (Å²) in [6.07, 6.45) is 0. The molecule has 0 aliphatic carbocycles. The number of hydrogen-bond acceptors (Lipinski definition) is 1. The lowest BCUT2D eigenvalue weighted by Crippen LogP contribution is -2.20. The summed E-state index contributed by atoms with van der Waals surface area (Å²) in [7, 11) is 0. The monoisotopic (exact) mass is 366 g/mol. The lowest BCUT2D eigenvalue weighted by atomic mass is 10.1. The Kier molecular flexibility index (Phi) is 4.42. The molecule has 0 heterocycles. The Morgan fingerprint density at radius 3 is 2.42 bits per heavy atom. The molecule has 0 bridgehead atoms. The van der Waals surface area contributed by atoms with Crippen molar-refractivity contribution in [2.24, 2.45) is 0 Å². The van der Waals surface area contributed by atoms with E-state index in [2.05, 4.69) is 33.2 Å². The second kappa shape index (κ2) is 6.06. The molecule has 2 aromatic rings. The van der Waals surface area contributed by atoms with Crippen LogP contribution in [0.5, 0.6) is 0 Å². The van der Waals surface area contributed by atoms with E-state index < -0.39 is 0 Å². The smallest absolute Gasteiger partial charge is 0.307 e. The second-order valence-electron chi connectivity index (χ2n) is 4.38. The molecule has 0 saturated carbocycles. The minimum atomic E-state index is -0.224. The van der Waals surface area contributed by atoms with E-state index in [1.54, 1.807) is 0 Å². The van der Waals surface area contributed by atoms with E-state index in [-0.39, 0.29) is 6.03 Å². The molecule has 0 atom stereocenters. The Bertz CT molecular complexity index is 611. The van der Waals surface area contributed by atoms with Crippen LogP contribution >= 0.6 is 22.6 Å². The molecule has 0 aromatic heterocycles. The van der Waals surface area contributed by atoms with E-state index in [1.165, 1.54) is 0 Å². The van der Waals surface area contributed by atoms with Gasteiger partial charge < -0.3 is 10.6 Å². The summed E-state index contributed by atoms with van der Waals surface area (Å²) in [6.45, 7) is 3.98. The van der Waals surface area contributed by atoms with E-state index in [9.17, 15) is 4.79 Å². The zero-order chi connectivity index (χ0) is 13.8. The Balaban J connectivity index is 2.10. The minimum absolute atomic E-state index is 0.224. The third-order valence-electron chi connectivity index (χ3n) is 2.76. The molecule has 0 spiro atoms. The number of carbonyl (C=O) groups is 1. The van der Waals surface area contributed by atoms with Crippen molar-refractivity contribution in [2.45, 2.75) is 13.8 Å². The van der Waals surface area contributed by atoms with Gasteiger partial charge in [0.25, 0.3) is 0 Å². The Morgan fingerprint density at radius 2 is 1.68 bits per heavy atom. The van der Waals surface area contributed by atoms with Crippen LogP contribution in [0.25, 0.3) is 0 Å². The van der Waals surface area contributed by atoms with Gasteiger partial charge in [0.15, 0.2) is 0 Å². The maximum absolute atomic E-state index is 12.0. The van der Waals surface area contributed by atoms with E-state index in [4.69, 9.17) is 0 Å². The number of halogens is 1. The molecule has 98 valence electrons. The molecule has 3 nitrogen and oxygen atoms in total. The molecule has 2 N–H and O–H groups in total. The molecule has 2 rings (SSSR count). The van der Waals surface area contributed by atoms with Gasteiger partial charge in [-0.15, -0.1) is 0 Å². The van der Waals surface area contributed by atoms with Gasteiger partial charge in [-0.1, -0.05) is 24.3 Å². The summed E-state index contributed by atoms with van der Waals surface area (Å²) >= 11 is 2.19. The van der Waals surface area contributed by atoms with Crippen LogP contribution in [-0.2, 0) is 0 Å². The van der Waals surface area contributed by atoms with Gasteiger partial charge in [-0.2, -0.15) is 0 Å². The van der Waals surface area contributed by atoms with Crippen LogP contribution in [0.1, 0.15) is 11.1 Å².